The van der Waals surface area contributed by atoms with Crippen LogP contribution in [0.15, 0.2) is 30.7 Å². The van der Waals surface area contributed by atoms with Crippen molar-refractivity contribution in [1.82, 2.24) is 5.32 Å². The molecule has 100 heavy (non-hydrogen) atoms. The van der Waals surface area contributed by atoms with Crippen molar-refractivity contribution >= 4 is 17.7 Å². The molecule has 22 aliphatic rings. The lowest BCUT2D eigenvalue weighted by Gasteiger charge is -2.51. The number of rotatable bonds is 32. The molecule has 22 saturated heterocycles. The molecule has 562 valence electrons. The summed E-state index contributed by atoms with van der Waals surface area (Å²) in [5, 5.41) is 154. The highest BCUT2D eigenvalue weighted by atomic mass is 32.2. The first-order valence-electron chi connectivity index (χ1n) is 31.6. The summed E-state index contributed by atoms with van der Waals surface area (Å²) < 4.78 is 95.1. The molecule has 30 atom stereocenters. The zero-order valence-corrected chi connectivity index (χ0v) is 54.2. The molecule has 0 spiro atoms. The molecular formula is C51H84N20O28S. The van der Waals surface area contributed by atoms with E-state index in [9.17, 15) is 94.2 Å². The summed E-state index contributed by atoms with van der Waals surface area (Å²) in [6, 6.07) is 0. The van der Waals surface area contributed by atoms with Gasteiger partial charge in [-0.3, -0.25) is 4.79 Å². The maximum Gasteiger partial charge on any atom is 0.222 e. The molecule has 22 rings (SSSR count). The third-order valence-corrected chi connectivity index (χ3v) is 17.6. The molecule has 49 heteroatoms. The van der Waals surface area contributed by atoms with E-state index in [0.717, 1.165) is 6.42 Å². The van der Waals surface area contributed by atoms with Gasteiger partial charge in [-0.15, -0.1) is 0 Å². The molecule has 0 aromatic heterocycles. The fraction of sp³-hybridized carbons (Fsp3) is 0.980. The highest BCUT2D eigenvalue weighted by molar-refractivity contribution is 7.99. The highest BCUT2D eigenvalue weighted by Gasteiger charge is 2.59. The summed E-state index contributed by atoms with van der Waals surface area (Å²) in [6.07, 6.45) is -59.3. The molecule has 0 aromatic carbocycles. The summed E-state index contributed by atoms with van der Waals surface area (Å²) in [5.74, 6) is 0.546. The first-order chi connectivity index (χ1) is 48.4. The number of ether oxygens (including phenoxy) is 16. The van der Waals surface area contributed by atoms with Crippen LogP contribution in [-0.4, -0.2) is 356 Å². The van der Waals surface area contributed by atoms with Crippen molar-refractivity contribution in [3.8, 4) is 0 Å². The number of aliphatic hydroxyl groups is 11. The van der Waals surface area contributed by atoms with Crippen molar-refractivity contribution < 1.29 is 137 Å². The predicted molar refractivity (Wildman–Crippen MR) is 327 cm³/mol. The Kier molecular flexibility index (Phi) is 34.7. The highest BCUT2D eigenvalue weighted by Crippen LogP contribution is 2.39. The van der Waals surface area contributed by atoms with Gasteiger partial charge in [-0.05, 0) is 58.3 Å². The largest absolute Gasteiger partial charge is 0.387 e. The van der Waals surface area contributed by atoms with Crippen molar-refractivity contribution in [2.75, 3.05) is 110 Å². The number of nitrogens with zero attached hydrogens (tertiary/aromatic N) is 18. The number of hydrogen-bond acceptors (Lipinski definition) is 36. The second-order valence-electron chi connectivity index (χ2n) is 23.1. The van der Waals surface area contributed by atoms with Crippen molar-refractivity contribution in [2.45, 2.75) is 203 Å². The minimum atomic E-state index is -2.26. The van der Waals surface area contributed by atoms with E-state index in [1.807, 2.05) is 0 Å². The van der Waals surface area contributed by atoms with E-state index in [1.54, 1.807) is 0 Å². The Bertz CT molecular complexity index is 2820. The van der Waals surface area contributed by atoms with E-state index < -0.39 is 224 Å². The Hall–Kier alpha value is -5.44. The minimum Gasteiger partial charge on any atom is -0.387 e. The van der Waals surface area contributed by atoms with E-state index in [0.29, 0.717) is 44.5 Å². The lowest BCUT2D eigenvalue weighted by Crippen LogP contribution is -2.69. The molecule has 0 aromatic rings. The van der Waals surface area contributed by atoms with Gasteiger partial charge in [-0.1, -0.05) is 30.7 Å². The Morgan fingerprint density at radius 2 is 0.660 bits per heavy atom. The zero-order valence-electron chi connectivity index (χ0n) is 53.4. The normalized spacial score (nSPS) is 39.8. The SMILES string of the molecule is [N-]=[N+]=NCC1OC2OC3C(CN=[N+]=[N-])OC(OC4C(CN=[N+]=[N-])OC(OC5C(CN=[N+]=[N-])OC(OC6C(CN=[N+]=[N-])OC(OC7C(CN=[N+]=[N-])OC(OC1C(O)C2O)C(O)C7O)C(O)C6O)C(OCCCSCCNC(=O)CCOCCOCCOCCCN)C5O)C(O)C4O)C(O)C3O. The Morgan fingerprint density at radius 1 is 0.370 bits per heavy atom. The van der Waals surface area contributed by atoms with Gasteiger partial charge >= 0.3 is 0 Å². The third-order valence-electron chi connectivity index (χ3n) is 16.5. The molecule has 48 nitrogen and oxygen atoms in total. The van der Waals surface area contributed by atoms with Crippen LogP contribution >= 0.6 is 11.8 Å². The van der Waals surface area contributed by atoms with Gasteiger partial charge in [0.25, 0.3) is 0 Å². The van der Waals surface area contributed by atoms with Crippen LogP contribution in [0.1, 0.15) is 19.3 Å². The first-order valence-corrected chi connectivity index (χ1v) is 32.8. The number of amides is 1. The Morgan fingerprint density at radius 3 is 0.980 bits per heavy atom. The second kappa shape index (κ2) is 42.4. The van der Waals surface area contributed by atoms with E-state index in [1.165, 1.54) is 11.8 Å². The lowest BCUT2D eigenvalue weighted by atomic mass is 9.94. The smallest absolute Gasteiger partial charge is 0.222 e. The van der Waals surface area contributed by atoms with Gasteiger partial charge in [-0.25, -0.2) is 0 Å². The van der Waals surface area contributed by atoms with E-state index >= 15 is 0 Å². The maximum absolute atomic E-state index is 12.5. The van der Waals surface area contributed by atoms with Crippen LogP contribution in [-0.2, 0) is 80.6 Å². The van der Waals surface area contributed by atoms with Gasteiger partial charge in [0.1, 0.15) is 110 Å². The number of aliphatic hydroxyl groups excluding tert-OH is 11. The fourth-order valence-electron chi connectivity index (χ4n) is 11.5. The van der Waals surface area contributed by atoms with Gasteiger partial charge in [0.2, 0.25) is 5.91 Å². The molecule has 22 aliphatic heterocycles. The number of thioether (sulfide) groups is 1. The first kappa shape index (κ1) is 81.9. The van der Waals surface area contributed by atoms with Crippen LogP contribution in [0.3, 0.4) is 0 Å². The number of nitrogens with one attached hydrogen (secondary N) is 1. The lowest BCUT2D eigenvalue weighted by molar-refractivity contribution is -0.399. The summed E-state index contributed by atoms with van der Waals surface area (Å²) in [6.45, 7) is -1.88. The molecule has 0 aliphatic carbocycles. The van der Waals surface area contributed by atoms with E-state index in [2.05, 4.69) is 65.5 Å². The van der Waals surface area contributed by atoms with Crippen molar-refractivity contribution in [3.05, 3.63) is 62.7 Å². The van der Waals surface area contributed by atoms with E-state index in [-0.39, 0.29) is 45.1 Å². The topological polar surface area (TPSA) is 718 Å². The molecule has 0 saturated carbocycles. The zero-order chi connectivity index (χ0) is 72.3. The van der Waals surface area contributed by atoms with E-state index in [4.69, 9.17) is 81.5 Å². The van der Waals surface area contributed by atoms with Gasteiger partial charge in [0, 0.05) is 61.4 Å². The molecular weight excluding hydrogens is 1370 g/mol. The van der Waals surface area contributed by atoms with Crippen LogP contribution in [0, 0.1) is 0 Å². The van der Waals surface area contributed by atoms with Crippen LogP contribution in [0.4, 0.5) is 0 Å². The number of hydrogen-bond donors (Lipinski definition) is 13. The quantitative estimate of drug-likeness (QED) is 0.0132. The van der Waals surface area contributed by atoms with Crippen molar-refractivity contribution in [1.29, 1.82) is 0 Å². The number of azide groups is 6. The molecule has 22 fully saturated rings. The molecule has 30 unspecified atom stereocenters. The van der Waals surface area contributed by atoms with Crippen molar-refractivity contribution in [3.63, 3.8) is 0 Å². The number of carbonyl (C=O) groups excluding carboxylic acids is 1. The summed E-state index contributed by atoms with van der Waals surface area (Å²) in [7, 11) is 0. The predicted octanol–water partition coefficient (Wildman–Crippen LogP) is -4.09. The molecule has 0 radical (unpaired) electrons. The van der Waals surface area contributed by atoms with Crippen LogP contribution in [0.2, 0.25) is 0 Å². The second-order valence-corrected chi connectivity index (χ2v) is 24.3. The summed E-state index contributed by atoms with van der Waals surface area (Å²) in [4.78, 5) is 28.9. The van der Waals surface area contributed by atoms with Gasteiger partial charge in [0.05, 0.1) is 109 Å². The fourth-order valence-corrected chi connectivity index (χ4v) is 12.3. The maximum atomic E-state index is 12.5. The average molecular weight is 1460 g/mol. The molecule has 1 amide bonds. The molecule has 22 heterocycles. The van der Waals surface area contributed by atoms with Crippen molar-refractivity contribution in [2.24, 2.45) is 36.4 Å². The minimum absolute atomic E-state index is 0.0870. The number of nitrogens with two attached hydrogens (primary N) is 1. The Balaban J connectivity index is 1.18. The van der Waals surface area contributed by atoms with Crippen LogP contribution < -0.4 is 11.1 Å². The van der Waals surface area contributed by atoms with Gasteiger partial charge in [0.15, 0.2) is 37.7 Å². The standard InChI is InChI=1S/C51H84N20O28S/c52-4-1-6-84-9-11-86-12-10-85-8-3-27(72)59-5-14-100-13-2-7-87-45-38(83)44-26(20-65-71-58)93-51(45)99-43-25(19-64-70-57)92-49(37(82)32(43)77)97-41-23(17-62-68-55)90-47(35(80)30(41)75)95-39-21(15-60-66-53)88-46(33(78)28(39)73)94-40-22(16-61-67-54)89-48(34(79)29(40)74)96-42-24(18-63-69-56)91-50(98-44)36(81)31(42)76/h21-26,28-51,73-83H,1-20,52H2,(H,59,72). The molecule has 12 bridgehead atoms. The van der Waals surface area contributed by atoms with Gasteiger partial charge in [-0.2, -0.15) is 11.8 Å². The monoisotopic (exact) mass is 1460 g/mol. The number of carbonyl (C=O) groups is 1. The van der Waals surface area contributed by atoms with Crippen LogP contribution in [0.25, 0.3) is 62.7 Å². The Labute approximate surface area is 570 Å². The third kappa shape index (κ3) is 22.3. The van der Waals surface area contributed by atoms with Crippen LogP contribution in [0.5, 0.6) is 0 Å². The van der Waals surface area contributed by atoms with Gasteiger partial charge < -0.3 is 143 Å². The summed E-state index contributed by atoms with van der Waals surface area (Å²) in [5.41, 5.74) is 62.1. The average Bonchev–Trinajstić information content (AvgIpc) is 0.774. The molecule has 14 N–H and O–H groups in total. The summed E-state index contributed by atoms with van der Waals surface area (Å²) >= 11 is 1.40.